The Balaban J connectivity index is 1.63. The summed E-state index contributed by atoms with van der Waals surface area (Å²) in [5, 5.41) is 2.87. The van der Waals surface area contributed by atoms with Crippen LogP contribution in [0.2, 0.25) is 0 Å². The smallest absolute Gasteiger partial charge is 0.229 e. The van der Waals surface area contributed by atoms with Crippen LogP contribution in [0, 0.1) is 5.92 Å². The summed E-state index contributed by atoms with van der Waals surface area (Å²) >= 11 is 0. The zero-order valence-electron chi connectivity index (χ0n) is 13.6. The molecule has 1 aliphatic heterocycles. The van der Waals surface area contributed by atoms with E-state index in [1.54, 1.807) is 24.1 Å². The fraction of sp³-hybridized carbons (Fsp3) is 0.263. The first-order valence-corrected chi connectivity index (χ1v) is 7.93. The highest BCUT2D eigenvalue weighted by atomic mass is 16.5. The Kier molecular flexibility index (Phi) is 4.79. The molecule has 1 heterocycles. The first-order chi connectivity index (χ1) is 11.7. The summed E-state index contributed by atoms with van der Waals surface area (Å²) in [6, 6.07) is 17.1. The molecular weight excluding hydrogens is 304 g/mol. The number of para-hydroxylation sites is 2. The largest absolute Gasteiger partial charge is 0.495 e. The number of amides is 2. The van der Waals surface area contributed by atoms with Crippen LogP contribution in [0.4, 0.5) is 5.69 Å². The first-order valence-electron chi connectivity index (χ1n) is 7.93. The van der Waals surface area contributed by atoms with E-state index in [1.807, 2.05) is 42.5 Å². The van der Waals surface area contributed by atoms with Gasteiger partial charge in [0.15, 0.2) is 0 Å². The molecule has 2 aromatic carbocycles. The minimum Gasteiger partial charge on any atom is -0.495 e. The number of rotatable bonds is 5. The van der Waals surface area contributed by atoms with Gasteiger partial charge in [0.2, 0.25) is 11.8 Å². The summed E-state index contributed by atoms with van der Waals surface area (Å²) in [4.78, 5) is 26.4. The Morgan fingerprint density at radius 2 is 1.88 bits per heavy atom. The van der Waals surface area contributed by atoms with Crippen LogP contribution in [0.3, 0.4) is 0 Å². The topological polar surface area (TPSA) is 58.6 Å². The van der Waals surface area contributed by atoms with Gasteiger partial charge in [-0.05, 0) is 17.7 Å². The zero-order valence-corrected chi connectivity index (χ0v) is 13.6. The van der Waals surface area contributed by atoms with E-state index < -0.39 is 0 Å². The summed E-state index contributed by atoms with van der Waals surface area (Å²) in [6.45, 7) is 0.979. The fourth-order valence-electron chi connectivity index (χ4n) is 2.89. The van der Waals surface area contributed by atoms with Crippen LogP contribution in [0.25, 0.3) is 0 Å². The third-order valence-corrected chi connectivity index (χ3v) is 4.17. The van der Waals surface area contributed by atoms with Crippen LogP contribution in [0.1, 0.15) is 12.0 Å². The number of likely N-dealkylation sites (tertiary alicyclic amines) is 1. The number of carbonyl (C=O) groups is 2. The Morgan fingerprint density at radius 3 is 2.62 bits per heavy atom. The summed E-state index contributed by atoms with van der Waals surface area (Å²) in [5.41, 5.74) is 1.69. The van der Waals surface area contributed by atoms with Crippen LogP contribution in [0.15, 0.2) is 54.6 Å². The van der Waals surface area contributed by atoms with Crippen molar-refractivity contribution in [2.45, 2.75) is 13.0 Å². The molecule has 1 atom stereocenters. The standard InChI is InChI=1S/C19H20N2O3/c1-24-17-10-6-5-9-16(17)20-19(23)15-11-18(22)21(13-15)12-14-7-3-2-4-8-14/h2-10,15H,11-13H2,1H3,(H,20,23)/t15-/m1/s1. The van der Waals surface area contributed by atoms with Gasteiger partial charge in [0.1, 0.15) is 5.75 Å². The van der Waals surface area contributed by atoms with Crippen molar-refractivity contribution in [2.75, 3.05) is 19.0 Å². The number of anilines is 1. The first kappa shape index (κ1) is 16.1. The summed E-state index contributed by atoms with van der Waals surface area (Å²) in [6.07, 6.45) is 0.244. The molecule has 24 heavy (non-hydrogen) atoms. The minimum absolute atomic E-state index is 0.0130. The lowest BCUT2D eigenvalue weighted by Gasteiger charge is -2.17. The molecule has 2 amide bonds. The van der Waals surface area contributed by atoms with Gasteiger partial charge in [-0.1, -0.05) is 42.5 Å². The average molecular weight is 324 g/mol. The monoisotopic (exact) mass is 324 g/mol. The van der Waals surface area contributed by atoms with Crippen LogP contribution in [-0.2, 0) is 16.1 Å². The van der Waals surface area contributed by atoms with Gasteiger partial charge in [-0.3, -0.25) is 9.59 Å². The number of benzene rings is 2. The number of hydrogen-bond acceptors (Lipinski definition) is 3. The van der Waals surface area contributed by atoms with Crippen molar-refractivity contribution >= 4 is 17.5 Å². The molecule has 5 nitrogen and oxygen atoms in total. The molecule has 2 aromatic rings. The molecule has 0 radical (unpaired) electrons. The fourth-order valence-corrected chi connectivity index (χ4v) is 2.89. The highest BCUT2D eigenvalue weighted by Crippen LogP contribution is 2.26. The molecule has 1 N–H and O–H groups in total. The van der Waals surface area contributed by atoms with Crippen molar-refractivity contribution in [1.82, 2.24) is 4.90 Å². The van der Waals surface area contributed by atoms with Crippen molar-refractivity contribution in [2.24, 2.45) is 5.92 Å². The third kappa shape index (κ3) is 3.56. The molecule has 0 saturated carbocycles. The van der Waals surface area contributed by atoms with E-state index in [1.165, 1.54) is 0 Å². The minimum atomic E-state index is -0.342. The van der Waals surface area contributed by atoms with E-state index in [0.29, 0.717) is 24.5 Å². The molecule has 0 aliphatic carbocycles. The van der Waals surface area contributed by atoms with Crippen LogP contribution < -0.4 is 10.1 Å². The maximum absolute atomic E-state index is 12.5. The average Bonchev–Trinajstić information content (AvgIpc) is 2.97. The van der Waals surface area contributed by atoms with E-state index >= 15 is 0 Å². The van der Waals surface area contributed by atoms with E-state index in [-0.39, 0.29) is 24.2 Å². The van der Waals surface area contributed by atoms with E-state index in [4.69, 9.17) is 4.74 Å². The number of hydrogen-bond donors (Lipinski definition) is 1. The summed E-state index contributed by atoms with van der Waals surface area (Å²) in [7, 11) is 1.56. The van der Waals surface area contributed by atoms with Crippen LogP contribution in [-0.4, -0.2) is 30.4 Å². The van der Waals surface area contributed by atoms with Crippen molar-refractivity contribution in [3.05, 3.63) is 60.2 Å². The van der Waals surface area contributed by atoms with Crippen LogP contribution in [0.5, 0.6) is 5.75 Å². The normalized spacial score (nSPS) is 17.0. The lowest BCUT2D eigenvalue weighted by Crippen LogP contribution is -2.28. The molecule has 5 heteroatoms. The second-order valence-corrected chi connectivity index (χ2v) is 5.85. The van der Waals surface area contributed by atoms with Gasteiger partial charge >= 0.3 is 0 Å². The second kappa shape index (κ2) is 7.17. The molecule has 0 aromatic heterocycles. The Bertz CT molecular complexity index is 730. The Labute approximate surface area is 141 Å². The van der Waals surface area contributed by atoms with Gasteiger partial charge in [-0.2, -0.15) is 0 Å². The van der Waals surface area contributed by atoms with Gasteiger partial charge < -0.3 is 15.0 Å². The zero-order chi connectivity index (χ0) is 16.9. The molecule has 1 saturated heterocycles. The van der Waals surface area contributed by atoms with Crippen molar-refractivity contribution in [3.63, 3.8) is 0 Å². The number of ether oxygens (including phenoxy) is 1. The van der Waals surface area contributed by atoms with E-state index in [9.17, 15) is 9.59 Å². The number of methoxy groups -OCH3 is 1. The number of carbonyl (C=O) groups excluding carboxylic acids is 2. The molecule has 0 spiro atoms. The summed E-state index contributed by atoms with van der Waals surface area (Å²) in [5.74, 6) is 0.130. The number of nitrogens with zero attached hydrogens (tertiary/aromatic N) is 1. The van der Waals surface area contributed by atoms with Gasteiger partial charge in [0, 0.05) is 19.5 Å². The van der Waals surface area contributed by atoms with Gasteiger partial charge in [-0.15, -0.1) is 0 Å². The van der Waals surface area contributed by atoms with Crippen molar-refractivity contribution < 1.29 is 14.3 Å². The van der Waals surface area contributed by atoms with Crippen molar-refractivity contribution in [3.8, 4) is 5.75 Å². The Morgan fingerprint density at radius 1 is 1.17 bits per heavy atom. The predicted molar refractivity (Wildman–Crippen MR) is 91.6 cm³/mol. The second-order valence-electron chi connectivity index (χ2n) is 5.85. The predicted octanol–water partition coefficient (Wildman–Crippen LogP) is 2.68. The lowest BCUT2D eigenvalue weighted by molar-refractivity contribution is -0.128. The van der Waals surface area contributed by atoms with Gasteiger partial charge in [0.05, 0.1) is 18.7 Å². The number of nitrogens with one attached hydrogen (secondary N) is 1. The molecule has 3 rings (SSSR count). The molecule has 1 fully saturated rings. The molecule has 1 aliphatic rings. The maximum Gasteiger partial charge on any atom is 0.229 e. The molecule has 0 bridgehead atoms. The van der Waals surface area contributed by atoms with Crippen LogP contribution >= 0.6 is 0 Å². The highest BCUT2D eigenvalue weighted by molar-refractivity contribution is 5.98. The van der Waals surface area contributed by atoms with E-state index in [0.717, 1.165) is 5.56 Å². The van der Waals surface area contributed by atoms with Gasteiger partial charge in [-0.25, -0.2) is 0 Å². The van der Waals surface area contributed by atoms with Gasteiger partial charge in [0.25, 0.3) is 0 Å². The SMILES string of the molecule is COc1ccccc1NC(=O)[C@@H]1CC(=O)N(Cc2ccccc2)C1. The lowest BCUT2D eigenvalue weighted by atomic mass is 10.1. The molecular formula is C19H20N2O3. The molecule has 124 valence electrons. The molecule has 0 unspecified atom stereocenters. The Hall–Kier alpha value is -2.82. The maximum atomic E-state index is 12.5. The highest BCUT2D eigenvalue weighted by Gasteiger charge is 2.34. The summed E-state index contributed by atoms with van der Waals surface area (Å²) < 4.78 is 5.24. The van der Waals surface area contributed by atoms with Crippen molar-refractivity contribution in [1.29, 1.82) is 0 Å². The van der Waals surface area contributed by atoms with E-state index in [2.05, 4.69) is 5.32 Å². The quantitative estimate of drug-likeness (QED) is 0.920. The third-order valence-electron chi connectivity index (χ3n) is 4.17.